The summed E-state index contributed by atoms with van der Waals surface area (Å²) in [5, 5.41) is 6.03. The molecule has 1 atom stereocenters. The summed E-state index contributed by atoms with van der Waals surface area (Å²) in [5.41, 5.74) is 0.589. The van der Waals surface area contributed by atoms with Crippen LogP contribution in [0.15, 0.2) is 22.7 Å². The van der Waals surface area contributed by atoms with Gasteiger partial charge in [0, 0.05) is 11.1 Å². The van der Waals surface area contributed by atoms with Crippen LogP contribution in [0.5, 0.6) is 0 Å². The average Bonchev–Trinajstić information content (AvgIpc) is 2.75. The largest absolute Gasteiger partial charge is 0.379 e. The van der Waals surface area contributed by atoms with E-state index in [-0.39, 0.29) is 12.1 Å². The van der Waals surface area contributed by atoms with E-state index >= 15 is 0 Å². The number of nitrogens with one attached hydrogen (secondary N) is 2. The maximum Gasteiger partial charge on any atom is 0.319 e. The van der Waals surface area contributed by atoms with Crippen molar-refractivity contribution in [1.29, 1.82) is 0 Å². The standard InChI is InChI=1S/C11H12BrClN2O2/c12-7-1-2-10(9(13)5-7)15-11(16)14-8-3-4-17-6-8/h1-2,5,8H,3-4,6H2,(H2,14,15,16). The fraction of sp³-hybridized carbons (Fsp3) is 0.364. The van der Waals surface area contributed by atoms with Crippen molar-refractivity contribution in [1.82, 2.24) is 5.32 Å². The van der Waals surface area contributed by atoms with Gasteiger partial charge in [0.25, 0.3) is 0 Å². The molecule has 1 unspecified atom stereocenters. The smallest absolute Gasteiger partial charge is 0.319 e. The second-order valence-corrected chi connectivity index (χ2v) is 5.11. The first kappa shape index (κ1) is 12.7. The highest BCUT2D eigenvalue weighted by Crippen LogP contribution is 2.25. The lowest BCUT2D eigenvalue weighted by molar-refractivity contribution is 0.189. The number of urea groups is 1. The molecule has 0 saturated carbocycles. The van der Waals surface area contributed by atoms with Gasteiger partial charge in [0.05, 0.1) is 23.4 Å². The van der Waals surface area contributed by atoms with Crippen molar-refractivity contribution in [2.75, 3.05) is 18.5 Å². The van der Waals surface area contributed by atoms with Crippen LogP contribution in [0, 0.1) is 0 Å². The zero-order chi connectivity index (χ0) is 12.3. The summed E-state index contributed by atoms with van der Waals surface area (Å²) >= 11 is 9.30. The predicted molar refractivity (Wildman–Crippen MR) is 70.5 cm³/mol. The molecule has 0 aliphatic carbocycles. The van der Waals surface area contributed by atoms with E-state index < -0.39 is 0 Å². The van der Waals surface area contributed by atoms with E-state index in [0.29, 0.717) is 23.9 Å². The molecule has 6 heteroatoms. The van der Waals surface area contributed by atoms with Crippen LogP contribution >= 0.6 is 27.5 Å². The molecule has 1 aromatic carbocycles. The lowest BCUT2D eigenvalue weighted by atomic mass is 10.3. The van der Waals surface area contributed by atoms with Crippen molar-refractivity contribution in [3.8, 4) is 0 Å². The van der Waals surface area contributed by atoms with E-state index in [2.05, 4.69) is 26.6 Å². The molecule has 0 aromatic heterocycles. The monoisotopic (exact) mass is 318 g/mol. The minimum atomic E-state index is -0.260. The Bertz CT molecular complexity index is 422. The van der Waals surface area contributed by atoms with Gasteiger partial charge < -0.3 is 15.4 Å². The van der Waals surface area contributed by atoms with Crippen LogP contribution in [0.4, 0.5) is 10.5 Å². The molecule has 2 amide bonds. The van der Waals surface area contributed by atoms with E-state index in [1.807, 2.05) is 6.07 Å². The van der Waals surface area contributed by atoms with E-state index in [4.69, 9.17) is 16.3 Å². The molecule has 1 aliphatic rings. The van der Waals surface area contributed by atoms with Gasteiger partial charge in [-0.25, -0.2) is 4.79 Å². The first-order valence-electron chi connectivity index (χ1n) is 5.25. The molecule has 0 bridgehead atoms. The molecular weight excluding hydrogens is 307 g/mol. The van der Waals surface area contributed by atoms with Crippen LogP contribution in [0.1, 0.15) is 6.42 Å². The Kier molecular flexibility index (Phi) is 4.25. The summed E-state index contributed by atoms with van der Waals surface area (Å²) in [4.78, 5) is 11.7. The van der Waals surface area contributed by atoms with Crippen LogP contribution in [0.2, 0.25) is 5.02 Å². The van der Waals surface area contributed by atoms with Crippen LogP contribution < -0.4 is 10.6 Å². The van der Waals surface area contributed by atoms with Gasteiger partial charge in [0.15, 0.2) is 0 Å². The van der Waals surface area contributed by atoms with Gasteiger partial charge in [0.1, 0.15) is 0 Å². The van der Waals surface area contributed by atoms with E-state index in [9.17, 15) is 4.79 Å². The molecule has 2 N–H and O–H groups in total. The third kappa shape index (κ3) is 3.59. The molecular formula is C11H12BrClN2O2. The van der Waals surface area contributed by atoms with Gasteiger partial charge in [0.2, 0.25) is 0 Å². The molecule has 1 aliphatic heterocycles. The second kappa shape index (κ2) is 5.71. The van der Waals surface area contributed by atoms with E-state index in [1.165, 1.54) is 0 Å². The molecule has 4 nitrogen and oxygen atoms in total. The Morgan fingerprint density at radius 1 is 1.53 bits per heavy atom. The Morgan fingerprint density at radius 3 is 3.00 bits per heavy atom. The topological polar surface area (TPSA) is 50.4 Å². The highest BCUT2D eigenvalue weighted by atomic mass is 79.9. The average molecular weight is 320 g/mol. The highest BCUT2D eigenvalue weighted by molar-refractivity contribution is 9.10. The summed E-state index contributed by atoms with van der Waals surface area (Å²) < 4.78 is 6.05. The number of ether oxygens (including phenoxy) is 1. The number of benzene rings is 1. The van der Waals surface area contributed by atoms with Crippen molar-refractivity contribution < 1.29 is 9.53 Å². The van der Waals surface area contributed by atoms with Gasteiger partial charge in [-0.3, -0.25) is 0 Å². The van der Waals surface area contributed by atoms with Gasteiger partial charge in [-0.15, -0.1) is 0 Å². The number of hydrogen-bond donors (Lipinski definition) is 2. The van der Waals surface area contributed by atoms with Crippen LogP contribution in [0.25, 0.3) is 0 Å². The maximum absolute atomic E-state index is 11.7. The maximum atomic E-state index is 11.7. The molecule has 0 radical (unpaired) electrons. The van der Waals surface area contributed by atoms with E-state index in [1.54, 1.807) is 12.1 Å². The molecule has 1 saturated heterocycles. The van der Waals surface area contributed by atoms with Crippen molar-refractivity contribution in [2.24, 2.45) is 0 Å². The van der Waals surface area contributed by atoms with Gasteiger partial charge in [-0.05, 0) is 24.6 Å². The SMILES string of the molecule is O=C(Nc1ccc(Br)cc1Cl)NC1CCOC1. The van der Waals surface area contributed by atoms with Crippen molar-refractivity contribution >= 4 is 39.2 Å². The lowest BCUT2D eigenvalue weighted by Crippen LogP contribution is -2.38. The fourth-order valence-electron chi connectivity index (χ4n) is 1.58. The van der Waals surface area contributed by atoms with Crippen LogP contribution in [-0.4, -0.2) is 25.3 Å². The number of rotatable bonds is 2. The molecule has 1 fully saturated rings. The zero-order valence-electron chi connectivity index (χ0n) is 9.00. The normalized spacial score (nSPS) is 19.1. The van der Waals surface area contributed by atoms with Gasteiger partial charge in [-0.1, -0.05) is 27.5 Å². The molecule has 1 aromatic rings. The van der Waals surface area contributed by atoms with Crippen molar-refractivity contribution in [2.45, 2.75) is 12.5 Å². The number of halogens is 2. The first-order valence-corrected chi connectivity index (χ1v) is 6.42. The predicted octanol–water partition coefficient (Wildman–Crippen LogP) is 3.01. The summed E-state index contributed by atoms with van der Waals surface area (Å²) in [5.74, 6) is 0. The highest BCUT2D eigenvalue weighted by Gasteiger charge is 2.17. The first-order chi connectivity index (χ1) is 8.15. The number of carbonyl (C=O) groups excluding carboxylic acids is 1. The number of carbonyl (C=O) groups is 1. The molecule has 17 heavy (non-hydrogen) atoms. The summed E-state index contributed by atoms with van der Waals surface area (Å²) in [6, 6.07) is 5.13. The lowest BCUT2D eigenvalue weighted by Gasteiger charge is -2.12. The molecule has 2 rings (SSSR count). The molecule has 92 valence electrons. The zero-order valence-corrected chi connectivity index (χ0v) is 11.3. The Morgan fingerprint density at radius 2 is 2.35 bits per heavy atom. The quantitative estimate of drug-likeness (QED) is 0.880. The summed E-state index contributed by atoms with van der Waals surface area (Å²) in [6.07, 6.45) is 0.849. The number of anilines is 1. The molecule has 0 spiro atoms. The van der Waals surface area contributed by atoms with Gasteiger partial charge in [-0.2, -0.15) is 0 Å². The Labute approximate surface area is 113 Å². The number of amides is 2. The minimum absolute atomic E-state index is 0.0872. The van der Waals surface area contributed by atoms with Crippen LogP contribution in [0.3, 0.4) is 0 Å². The van der Waals surface area contributed by atoms with Gasteiger partial charge >= 0.3 is 6.03 Å². The van der Waals surface area contributed by atoms with Crippen molar-refractivity contribution in [3.05, 3.63) is 27.7 Å². The third-order valence-corrected chi connectivity index (χ3v) is 3.25. The van der Waals surface area contributed by atoms with E-state index in [0.717, 1.165) is 10.9 Å². The van der Waals surface area contributed by atoms with Crippen molar-refractivity contribution in [3.63, 3.8) is 0 Å². The second-order valence-electron chi connectivity index (χ2n) is 3.78. The Balaban J connectivity index is 1.93. The molecule has 1 heterocycles. The van der Waals surface area contributed by atoms with Crippen LogP contribution in [-0.2, 0) is 4.74 Å². The summed E-state index contributed by atoms with van der Waals surface area (Å²) in [6.45, 7) is 1.27. The Hall–Kier alpha value is -0.780. The summed E-state index contributed by atoms with van der Waals surface area (Å²) in [7, 11) is 0. The fourth-order valence-corrected chi connectivity index (χ4v) is 2.30. The minimum Gasteiger partial charge on any atom is -0.379 e. The third-order valence-electron chi connectivity index (χ3n) is 2.44. The number of hydrogen-bond acceptors (Lipinski definition) is 2.